The highest BCUT2D eigenvalue weighted by Gasteiger charge is 2.13. The van der Waals surface area contributed by atoms with Crippen LogP contribution in [0.25, 0.3) is 0 Å². The highest BCUT2D eigenvalue weighted by atomic mass is 19.1. The van der Waals surface area contributed by atoms with Gasteiger partial charge >= 0.3 is 0 Å². The number of ether oxygens (including phenoxy) is 1. The average Bonchev–Trinajstić information content (AvgIpc) is 2.61. The van der Waals surface area contributed by atoms with Crippen molar-refractivity contribution in [3.8, 4) is 5.75 Å². The highest BCUT2D eigenvalue weighted by molar-refractivity contribution is 5.78. The van der Waals surface area contributed by atoms with E-state index in [1.807, 2.05) is 31.0 Å². The number of hydrogen-bond donors (Lipinski definition) is 1. The second-order valence-corrected chi connectivity index (χ2v) is 6.53. The lowest BCUT2D eigenvalue weighted by molar-refractivity contribution is -0.122. The Labute approximate surface area is 155 Å². The van der Waals surface area contributed by atoms with Crippen molar-refractivity contribution < 1.29 is 13.9 Å². The molecule has 1 unspecified atom stereocenters. The van der Waals surface area contributed by atoms with Gasteiger partial charge in [0.15, 0.2) is 11.6 Å². The van der Waals surface area contributed by atoms with Gasteiger partial charge in [-0.1, -0.05) is 37.3 Å². The van der Waals surface area contributed by atoms with Crippen molar-refractivity contribution in [1.29, 1.82) is 0 Å². The quantitative estimate of drug-likeness (QED) is 0.782. The Hall–Kier alpha value is -2.40. The molecule has 2 rings (SSSR count). The number of benzene rings is 2. The van der Waals surface area contributed by atoms with Crippen molar-refractivity contribution in [2.45, 2.75) is 32.9 Å². The first-order chi connectivity index (χ1) is 12.4. The van der Waals surface area contributed by atoms with Crippen LogP contribution in [0.15, 0.2) is 42.5 Å². The van der Waals surface area contributed by atoms with Gasteiger partial charge < -0.3 is 10.1 Å². The van der Waals surface area contributed by atoms with Crippen LogP contribution in [0.3, 0.4) is 0 Å². The monoisotopic (exact) mass is 358 g/mol. The Morgan fingerprint density at radius 3 is 2.42 bits per heavy atom. The summed E-state index contributed by atoms with van der Waals surface area (Å²) in [5.41, 5.74) is 3.15. The molecule has 26 heavy (non-hydrogen) atoms. The molecule has 0 spiro atoms. The van der Waals surface area contributed by atoms with Crippen LogP contribution in [0, 0.1) is 5.82 Å². The Morgan fingerprint density at radius 2 is 1.85 bits per heavy atom. The number of methoxy groups -OCH3 is 1. The normalized spacial score (nSPS) is 12.1. The van der Waals surface area contributed by atoms with E-state index >= 15 is 0 Å². The summed E-state index contributed by atoms with van der Waals surface area (Å²) in [5, 5.41) is 3.01. The standard InChI is InChI=1S/C21H27FN2O2/c1-5-16-6-9-18(10-7-16)15(2)23-21(25)14-24(3)13-17-8-11-20(26-4)19(22)12-17/h6-12,15H,5,13-14H2,1-4H3,(H,23,25). The van der Waals surface area contributed by atoms with Crippen LogP contribution in [0.2, 0.25) is 0 Å². The van der Waals surface area contributed by atoms with Crippen molar-refractivity contribution in [3.05, 3.63) is 65.0 Å². The molecule has 1 amide bonds. The molecule has 140 valence electrons. The maximum absolute atomic E-state index is 13.8. The maximum Gasteiger partial charge on any atom is 0.234 e. The predicted octanol–water partition coefficient (Wildman–Crippen LogP) is 3.71. The van der Waals surface area contributed by atoms with E-state index in [-0.39, 0.29) is 24.2 Å². The van der Waals surface area contributed by atoms with Gasteiger partial charge in [0, 0.05) is 6.54 Å². The molecule has 2 aromatic rings. The van der Waals surface area contributed by atoms with Gasteiger partial charge in [-0.2, -0.15) is 0 Å². The lowest BCUT2D eigenvalue weighted by Gasteiger charge is -2.19. The third-order valence-corrected chi connectivity index (χ3v) is 4.35. The van der Waals surface area contributed by atoms with Crippen molar-refractivity contribution in [3.63, 3.8) is 0 Å². The molecule has 0 aliphatic heterocycles. The van der Waals surface area contributed by atoms with Crippen molar-refractivity contribution in [2.24, 2.45) is 0 Å². The Bertz CT molecular complexity index is 731. The number of aryl methyl sites for hydroxylation is 1. The van der Waals surface area contributed by atoms with Crippen molar-refractivity contribution >= 4 is 5.91 Å². The Balaban J connectivity index is 1.86. The number of carbonyl (C=O) groups is 1. The van der Waals surface area contributed by atoms with Crippen LogP contribution >= 0.6 is 0 Å². The fourth-order valence-corrected chi connectivity index (χ4v) is 2.83. The number of carbonyl (C=O) groups excluding carboxylic acids is 1. The van der Waals surface area contributed by atoms with Crippen LogP contribution < -0.4 is 10.1 Å². The summed E-state index contributed by atoms with van der Waals surface area (Å²) in [6, 6.07) is 13.0. The van der Waals surface area contributed by atoms with Gasteiger partial charge in [-0.25, -0.2) is 4.39 Å². The minimum Gasteiger partial charge on any atom is -0.494 e. The molecule has 5 heteroatoms. The van der Waals surface area contributed by atoms with E-state index in [2.05, 4.69) is 24.4 Å². The number of amides is 1. The zero-order chi connectivity index (χ0) is 19.1. The fourth-order valence-electron chi connectivity index (χ4n) is 2.83. The third-order valence-electron chi connectivity index (χ3n) is 4.35. The van der Waals surface area contributed by atoms with Crippen LogP contribution in [0.5, 0.6) is 5.75 Å². The smallest absolute Gasteiger partial charge is 0.234 e. The van der Waals surface area contributed by atoms with E-state index in [0.29, 0.717) is 6.54 Å². The number of nitrogens with one attached hydrogen (secondary N) is 1. The summed E-state index contributed by atoms with van der Waals surface area (Å²) < 4.78 is 18.7. The number of nitrogens with zero attached hydrogens (tertiary/aromatic N) is 1. The molecule has 0 fully saturated rings. The Morgan fingerprint density at radius 1 is 1.19 bits per heavy atom. The third kappa shape index (κ3) is 5.56. The predicted molar refractivity (Wildman–Crippen MR) is 102 cm³/mol. The van der Waals surface area contributed by atoms with Gasteiger partial charge in [-0.15, -0.1) is 0 Å². The summed E-state index contributed by atoms with van der Waals surface area (Å²) in [7, 11) is 3.27. The van der Waals surface area contributed by atoms with Crippen LogP contribution in [0.4, 0.5) is 4.39 Å². The molecule has 0 heterocycles. The summed E-state index contributed by atoms with van der Waals surface area (Å²) >= 11 is 0. The zero-order valence-corrected chi connectivity index (χ0v) is 15.9. The van der Waals surface area contributed by atoms with E-state index in [1.54, 1.807) is 12.1 Å². The molecule has 0 aromatic heterocycles. The number of hydrogen-bond acceptors (Lipinski definition) is 3. The van der Waals surface area contributed by atoms with Crippen LogP contribution in [-0.4, -0.2) is 31.5 Å². The zero-order valence-electron chi connectivity index (χ0n) is 15.9. The van der Waals surface area contributed by atoms with Crippen molar-refractivity contribution in [2.75, 3.05) is 20.7 Å². The molecular formula is C21H27FN2O2. The van der Waals surface area contributed by atoms with Gasteiger partial charge in [0.05, 0.1) is 19.7 Å². The molecule has 1 N–H and O–H groups in total. The molecule has 0 bridgehead atoms. The van der Waals surface area contributed by atoms with Gasteiger partial charge in [-0.05, 0) is 49.2 Å². The van der Waals surface area contributed by atoms with E-state index < -0.39 is 5.82 Å². The topological polar surface area (TPSA) is 41.6 Å². The summed E-state index contributed by atoms with van der Waals surface area (Å²) in [6.45, 7) is 4.81. The fraction of sp³-hybridized carbons (Fsp3) is 0.381. The molecule has 0 aliphatic rings. The van der Waals surface area contributed by atoms with Crippen LogP contribution in [-0.2, 0) is 17.8 Å². The minimum absolute atomic E-state index is 0.0553. The summed E-state index contributed by atoms with van der Waals surface area (Å²) in [6.07, 6.45) is 0.998. The molecule has 1 atom stereocenters. The maximum atomic E-state index is 13.8. The minimum atomic E-state index is -0.396. The van der Waals surface area contributed by atoms with E-state index in [0.717, 1.165) is 17.5 Å². The number of rotatable bonds is 8. The van der Waals surface area contributed by atoms with E-state index in [4.69, 9.17) is 4.74 Å². The van der Waals surface area contributed by atoms with Gasteiger partial charge in [0.1, 0.15) is 0 Å². The molecule has 0 radical (unpaired) electrons. The highest BCUT2D eigenvalue weighted by Crippen LogP contribution is 2.18. The molecule has 4 nitrogen and oxygen atoms in total. The molecule has 0 saturated heterocycles. The SMILES string of the molecule is CCc1ccc(C(C)NC(=O)CN(C)Cc2ccc(OC)c(F)c2)cc1. The Kier molecular flexibility index (Phi) is 7.16. The molecule has 2 aromatic carbocycles. The number of likely N-dealkylation sites (N-methyl/N-ethyl adjacent to an activating group) is 1. The second-order valence-electron chi connectivity index (χ2n) is 6.53. The summed E-state index contributed by atoms with van der Waals surface area (Å²) in [5.74, 6) is -0.238. The largest absolute Gasteiger partial charge is 0.494 e. The average molecular weight is 358 g/mol. The van der Waals surface area contributed by atoms with Crippen LogP contribution in [0.1, 0.15) is 36.6 Å². The molecular weight excluding hydrogens is 331 g/mol. The first-order valence-corrected chi connectivity index (χ1v) is 8.82. The van der Waals surface area contributed by atoms with Gasteiger partial charge in [-0.3, -0.25) is 9.69 Å². The first kappa shape index (κ1) is 19.9. The van der Waals surface area contributed by atoms with Gasteiger partial charge in [0.25, 0.3) is 0 Å². The van der Waals surface area contributed by atoms with E-state index in [9.17, 15) is 9.18 Å². The number of halogens is 1. The summed E-state index contributed by atoms with van der Waals surface area (Å²) in [4.78, 5) is 14.1. The van der Waals surface area contributed by atoms with E-state index in [1.165, 1.54) is 18.7 Å². The lowest BCUT2D eigenvalue weighted by atomic mass is 10.1. The first-order valence-electron chi connectivity index (χ1n) is 8.82. The molecule has 0 aliphatic carbocycles. The lowest BCUT2D eigenvalue weighted by Crippen LogP contribution is -2.36. The van der Waals surface area contributed by atoms with Crippen molar-refractivity contribution in [1.82, 2.24) is 10.2 Å². The second kappa shape index (κ2) is 9.34. The van der Waals surface area contributed by atoms with Gasteiger partial charge in [0.2, 0.25) is 5.91 Å². The molecule has 0 saturated carbocycles.